The number of hydrogen-bond donors (Lipinski definition) is 0. The number of aromatic nitrogens is 2. The summed E-state index contributed by atoms with van der Waals surface area (Å²) < 4.78 is 4.86. The van der Waals surface area contributed by atoms with Crippen LogP contribution in [0.4, 0.5) is 0 Å². The quantitative estimate of drug-likeness (QED) is 0.183. The van der Waals surface area contributed by atoms with Gasteiger partial charge in [-0.25, -0.2) is 0 Å². The highest BCUT2D eigenvalue weighted by atomic mass is 15.0. The largest absolute Gasteiger partial charge is 0.341 e. The second-order valence-corrected chi connectivity index (χ2v) is 14.1. The van der Waals surface area contributed by atoms with Crippen LogP contribution in [0.5, 0.6) is 0 Å². The van der Waals surface area contributed by atoms with Gasteiger partial charge in [-0.3, -0.25) is 0 Å². The van der Waals surface area contributed by atoms with Crippen LogP contribution in [-0.2, 0) is 12.0 Å². The number of benzene rings is 7. The predicted molar refractivity (Wildman–Crippen MR) is 208 cm³/mol. The lowest BCUT2D eigenvalue weighted by Crippen LogP contribution is -2.15. The van der Waals surface area contributed by atoms with E-state index in [-0.39, 0.29) is 5.41 Å². The third kappa shape index (κ3) is 4.01. The highest BCUT2D eigenvalue weighted by Crippen LogP contribution is 2.51. The molecule has 2 heterocycles. The Morgan fingerprint density at radius 1 is 0.429 bits per heavy atom. The van der Waals surface area contributed by atoms with E-state index in [1.54, 1.807) is 0 Å². The molecule has 0 unspecified atom stereocenters. The van der Waals surface area contributed by atoms with Crippen LogP contribution < -0.4 is 0 Å². The first-order valence-corrected chi connectivity index (χ1v) is 17.4. The van der Waals surface area contributed by atoms with E-state index in [1.165, 1.54) is 93.8 Å². The molecule has 9 aromatic rings. The number of nitrogens with zero attached hydrogens (tertiary/aromatic N) is 2. The van der Waals surface area contributed by atoms with Crippen LogP contribution in [0.3, 0.4) is 0 Å². The number of rotatable bonds is 4. The summed E-state index contributed by atoms with van der Waals surface area (Å²) in [6, 6.07) is 56.3. The number of fused-ring (bicyclic) bond motifs is 9. The van der Waals surface area contributed by atoms with E-state index in [4.69, 9.17) is 0 Å². The molecule has 0 radical (unpaired) electrons. The van der Waals surface area contributed by atoms with Gasteiger partial charge in [0.1, 0.15) is 0 Å². The van der Waals surface area contributed by atoms with Crippen molar-refractivity contribution in [3.63, 3.8) is 0 Å². The lowest BCUT2D eigenvalue weighted by Gasteiger charge is -2.21. The Morgan fingerprint density at radius 2 is 1.00 bits per heavy atom. The second kappa shape index (κ2) is 10.3. The van der Waals surface area contributed by atoms with E-state index in [0.717, 1.165) is 6.54 Å². The summed E-state index contributed by atoms with van der Waals surface area (Å²) in [5.41, 5.74) is 16.8. The highest BCUT2D eigenvalue weighted by Gasteiger charge is 2.36. The van der Waals surface area contributed by atoms with Crippen LogP contribution in [-0.4, -0.2) is 9.13 Å². The van der Waals surface area contributed by atoms with Crippen LogP contribution in [0.1, 0.15) is 31.9 Å². The summed E-state index contributed by atoms with van der Waals surface area (Å²) in [5.74, 6) is 0. The Balaban J connectivity index is 1.06. The molecule has 0 saturated heterocycles. The van der Waals surface area contributed by atoms with Gasteiger partial charge in [-0.2, -0.15) is 0 Å². The molecule has 2 heteroatoms. The van der Waals surface area contributed by atoms with Crippen molar-refractivity contribution in [2.24, 2.45) is 0 Å². The molecule has 0 bridgehead atoms. The van der Waals surface area contributed by atoms with Crippen LogP contribution in [0.25, 0.3) is 82.7 Å². The summed E-state index contributed by atoms with van der Waals surface area (Å²) in [7, 11) is 0. The van der Waals surface area contributed by atoms with E-state index < -0.39 is 0 Å². The van der Waals surface area contributed by atoms with Crippen molar-refractivity contribution in [3.8, 4) is 39.1 Å². The second-order valence-electron chi connectivity index (χ2n) is 14.1. The van der Waals surface area contributed by atoms with Gasteiger partial charge in [0.15, 0.2) is 0 Å². The SMILES string of the molecule is CCn1c2ccc(-c3ccc(-c4ccc5c(c4)c4ccccc4n5-c4ccccc4)cc3)cc2c2cc3c(cc21)C(C)(C)c1ccccc1-3. The lowest BCUT2D eigenvalue weighted by molar-refractivity contribution is 0.660. The molecule has 0 N–H and O–H groups in total. The zero-order valence-corrected chi connectivity index (χ0v) is 28.0. The van der Waals surface area contributed by atoms with Gasteiger partial charge in [0.05, 0.1) is 11.0 Å². The molecular formula is C47H36N2. The van der Waals surface area contributed by atoms with Crippen LogP contribution >= 0.6 is 0 Å². The Bertz CT molecular complexity index is 2760. The standard InChI is InChI=1S/C47H36N2/c1-4-48-43-24-22-32(27-39(43)40-28-37-35-14-8-10-16-41(35)47(2,3)42(37)29-46(40)48)30-18-20-31(21-19-30)33-23-25-45-38(26-33)36-15-9-11-17-44(36)49(45)34-12-6-5-7-13-34/h5-29H,4H2,1-3H3. The average molecular weight is 629 g/mol. The van der Waals surface area contributed by atoms with Crippen LogP contribution in [0.2, 0.25) is 0 Å². The minimum absolute atomic E-state index is 0.00839. The van der Waals surface area contributed by atoms with Crippen molar-refractivity contribution in [1.82, 2.24) is 9.13 Å². The average Bonchev–Trinajstić information content (AvgIpc) is 3.73. The molecule has 49 heavy (non-hydrogen) atoms. The molecule has 0 aliphatic heterocycles. The van der Waals surface area contributed by atoms with Crippen LogP contribution in [0.15, 0.2) is 152 Å². The first-order valence-electron chi connectivity index (χ1n) is 17.4. The summed E-state index contributed by atoms with van der Waals surface area (Å²) in [5, 5.41) is 5.21. The van der Waals surface area contributed by atoms with E-state index in [1.807, 2.05) is 0 Å². The maximum Gasteiger partial charge on any atom is 0.0541 e. The van der Waals surface area contributed by atoms with Crippen LogP contribution in [0, 0.1) is 0 Å². The maximum atomic E-state index is 2.49. The van der Waals surface area contributed by atoms with Gasteiger partial charge in [-0.1, -0.05) is 111 Å². The summed E-state index contributed by atoms with van der Waals surface area (Å²) in [6.07, 6.45) is 0. The molecule has 10 rings (SSSR count). The Morgan fingerprint density at radius 3 is 1.73 bits per heavy atom. The third-order valence-electron chi connectivity index (χ3n) is 11.1. The summed E-state index contributed by atoms with van der Waals surface area (Å²) in [6.45, 7) is 7.93. The maximum absolute atomic E-state index is 2.49. The topological polar surface area (TPSA) is 9.86 Å². The molecule has 0 atom stereocenters. The number of para-hydroxylation sites is 2. The fourth-order valence-electron chi connectivity index (χ4n) is 8.68. The first-order chi connectivity index (χ1) is 24.0. The molecule has 234 valence electrons. The van der Waals surface area contributed by atoms with Gasteiger partial charge in [-0.05, 0) is 106 Å². The fourth-order valence-corrected chi connectivity index (χ4v) is 8.68. The predicted octanol–water partition coefficient (Wildman–Crippen LogP) is 12.6. The van der Waals surface area contributed by atoms with Gasteiger partial charge < -0.3 is 9.13 Å². The molecule has 0 fully saturated rings. The van der Waals surface area contributed by atoms with Gasteiger partial charge in [0.25, 0.3) is 0 Å². The highest BCUT2D eigenvalue weighted by molar-refractivity contribution is 6.12. The Hall–Kier alpha value is -5.86. The van der Waals surface area contributed by atoms with E-state index >= 15 is 0 Å². The normalized spacial score (nSPS) is 13.4. The third-order valence-corrected chi connectivity index (χ3v) is 11.1. The smallest absolute Gasteiger partial charge is 0.0541 e. The monoisotopic (exact) mass is 628 g/mol. The summed E-state index contributed by atoms with van der Waals surface area (Å²) >= 11 is 0. The van der Waals surface area contributed by atoms with Gasteiger partial charge >= 0.3 is 0 Å². The first kappa shape index (κ1) is 28.2. The van der Waals surface area contributed by atoms with E-state index in [0.29, 0.717) is 0 Å². The van der Waals surface area contributed by atoms with Gasteiger partial charge in [-0.15, -0.1) is 0 Å². The number of aryl methyl sites for hydroxylation is 1. The zero-order chi connectivity index (χ0) is 32.9. The zero-order valence-electron chi connectivity index (χ0n) is 28.0. The molecule has 7 aromatic carbocycles. The minimum atomic E-state index is -0.00839. The van der Waals surface area contributed by atoms with Crippen molar-refractivity contribution in [1.29, 1.82) is 0 Å². The molecule has 0 amide bonds. The lowest BCUT2D eigenvalue weighted by atomic mass is 9.82. The van der Waals surface area contributed by atoms with Crippen molar-refractivity contribution in [2.75, 3.05) is 0 Å². The van der Waals surface area contributed by atoms with Crippen molar-refractivity contribution in [3.05, 3.63) is 163 Å². The molecule has 0 saturated carbocycles. The number of hydrogen-bond acceptors (Lipinski definition) is 0. The van der Waals surface area contributed by atoms with Crippen molar-refractivity contribution < 1.29 is 0 Å². The Labute approximate surface area is 286 Å². The van der Waals surface area contributed by atoms with Crippen molar-refractivity contribution in [2.45, 2.75) is 32.7 Å². The molecule has 1 aliphatic rings. The van der Waals surface area contributed by atoms with Gasteiger partial charge in [0, 0.05) is 50.2 Å². The molecular weight excluding hydrogens is 593 g/mol. The summed E-state index contributed by atoms with van der Waals surface area (Å²) in [4.78, 5) is 0. The Kier molecular flexibility index (Phi) is 5.93. The fraction of sp³-hybridized carbons (Fsp3) is 0.106. The van der Waals surface area contributed by atoms with Gasteiger partial charge in [0.2, 0.25) is 0 Å². The molecule has 2 aromatic heterocycles. The van der Waals surface area contributed by atoms with Crippen molar-refractivity contribution >= 4 is 43.6 Å². The molecule has 0 spiro atoms. The molecule has 2 nitrogen and oxygen atoms in total. The van der Waals surface area contributed by atoms with E-state index in [2.05, 4.69) is 182 Å². The minimum Gasteiger partial charge on any atom is -0.341 e. The van der Waals surface area contributed by atoms with E-state index in [9.17, 15) is 0 Å². The molecule has 1 aliphatic carbocycles.